The van der Waals surface area contributed by atoms with Gasteiger partial charge in [0.1, 0.15) is 12.2 Å². The molecule has 2 aliphatic rings. The molecule has 0 radical (unpaired) electrons. The Labute approximate surface area is 153 Å². The SMILES string of the molecule is C=C1C(=O)O[C@H]2/C=C(\C)C(=O)/C=C\[C@](C)(O)C[C@@H](OC(=O)[C@H](C)CC)[C@@H]12. The first-order valence-corrected chi connectivity index (χ1v) is 8.80. The van der Waals surface area contributed by atoms with E-state index < -0.39 is 35.7 Å². The Morgan fingerprint density at radius 3 is 2.77 bits per heavy atom. The van der Waals surface area contributed by atoms with E-state index in [1.807, 2.05) is 6.92 Å². The summed E-state index contributed by atoms with van der Waals surface area (Å²) >= 11 is 0. The fraction of sp³-hybridized carbons (Fsp3) is 0.550. The predicted molar refractivity (Wildman–Crippen MR) is 95.0 cm³/mol. The zero-order valence-corrected chi connectivity index (χ0v) is 15.7. The van der Waals surface area contributed by atoms with Crippen molar-refractivity contribution in [3.63, 3.8) is 0 Å². The number of carbonyl (C=O) groups excluding carboxylic acids is 3. The number of ether oxygens (including phenoxy) is 2. The molecular formula is C20H26O6. The molecule has 5 atom stereocenters. The highest BCUT2D eigenvalue weighted by atomic mass is 16.6. The molecule has 26 heavy (non-hydrogen) atoms. The van der Waals surface area contributed by atoms with E-state index in [-0.39, 0.29) is 23.7 Å². The standard InChI is InChI=1S/C20H26O6/c1-6-11(2)18(22)26-16-10-20(5,24)8-7-14(21)12(3)9-15-17(16)13(4)19(23)25-15/h7-9,11,15-17,24H,4,6,10H2,1-3,5H3/b8-7-,12-9+/t11-,15+,16-,17+,20+/m1/s1. The summed E-state index contributed by atoms with van der Waals surface area (Å²) in [4.78, 5) is 36.5. The van der Waals surface area contributed by atoms with Gasteiger partial charge in [-0.1, -0.05) is 20.4 Å². The molecule has 0 bridgehead atoms. The molecule has 1 fully saturated rings. The number of aliphatic hydroxyl groups is 1. The summed E-state index contributed by atoms with van der Waals surface area (Å²) in [5.41, 5.74) is -0.846. The molecule has 0 amide bonds. The maximum absolute atomic E-state index is 12.4. The molecule has 0 aromatic carbocycles. The molecule has 1 aliphatic heterocycles. The van der Waals surface area contributed by atoms with Crippen LogP contribution in [0.4, 0.5) is 0 Å². The zero-order chi connectivity index (χ0) is 19.6. The van der Waals surface area contributed by atoms with Gasteiger partial charge in [0.15, 0.2) is 5.78 Å². The van der Waals surface area contributed by atoms with Gasteiger partial charge < -0.3 is 14.6 Å². The minimum atomic E-state index is -1.40. The first kappa shape index (κ1) is 20.1. The van der Waals surface area contributed by atoms with Crippen molar-refractivity contribution in [2.75, 3.05) is 0 Å². The van der Waals surface area contributed by atoms with Crippen LogP contribution in [0.3, 0.4) is 0 Å². The minimum absolute atomic E-state index is 0.0165. The highest BCUT2D eigenvalue weighted by molar-refractivity contribution is 6.03. The third-order valence-electron chi connectivity index (χ3n) is 4.96. The van der Waals surface area contributed by atoms with Crippen LogP contribution < -0.4 is 0 Å². The fourth-order valence-corrected chi connectivity index (χ4v) is 3.05. The van der Waals surface area contributed by atoms with Gasteiger partial charge in [-0.3, -0.25) is 9.59 Å². The maximum atomic E-state index is 12.4. The first-order chi connectivity index (χ1) is 12.1. The number of hydrogen-bond acceptors (Lipinski definition) is 6. The van der Waals surface area contributed by atoms with Crippen LogP contribution in [0.25, 0.3) is 0 Å². The third kappa shape index (κ3) is 4.30. The quantitative estimate of drug-likeness (QED) is 0.612. The topological polar surface area (TPSA) is 89.9 Å². The molecule has 142 valence electrons. The van der Waals surface area contributed by atoms with Crippen LogP contribution in [0.15, 0.2) is 36.0 Å². The van der Waals surface area contributed by atoms with E-state index in [4.69, 9.17) is 9.47 Å². The minimum Gasteiger partial charge on any atom is -0.461 e. The molecule has 0 unspecified atom stereocenters. The third-order valence-corrected chi connectivity index (χ3v) is 4.96. The van der Waals surface area contributed by atoms with Crippen LogP contribution in [0.2, 0.25) is 0 Å². The van der Waals surface area contributed by atoms with Crippen molar-refractivity contribution in [1.29, 1.82) is 0 Å². The molecule has 6 nitrogen and oxygen atoms in total. The van der Waals surface area contributed by atoms with Crippen molar-refractivity contribution >= 4 is 17.7 Å². The highest BCUT2D eigenvalue weighted by Gasteiger charge is 2.46. The molecule has 1 heterocycles. The first-order valence-electron chi connectivity index (χ1n) is 8.80. The lowest BCUT2D eigenvalue weighted by molar-refractivity contribution is -0.159. The van der Waals surface area contributed by atoms with E-state index in [2.05, 4.69) is 6.58 Å². The lowest BCUT2D eigenvalue weighted by Crippen LogP contribution is -2.40. The number of carbonyl (C=O) groups is 3. The fourth-order valence-electron chi connectivity index (χ4n) is 3.05. The van der Waals surface area contributed by atoms with Gasteiger partial charge in [-0.2, -0.15) is 0 Å². The van der Waals surface area contributed by atoms with Gasteiger partial charge in [-0.25, -0.2) is 4.79 Å². The molecule has 0 aromatic heterocycles. The molecule has 0 aromatic rings. The Hall–Kier alpha value is -2.21. The monoisotopic (exact) mass is 362 g/mol. The van der Waals surface area contributed by atoms with Gasteiger partial charge in [0.05, 0.1) is 17.4 Å². The smallest absolute Gasteiger partial charge is 0.334 e. The number of esters is 2. The van der Waals surface area contributed by atoms with E-state index in [1.54, 1.807) is 19.9 Å². The average Bonchev–Trinajstić information content (AvgIpc) is 2.84. The second-order valence-corrected chi connectivity index (χ2v) is 7.31. The maximum Gasteiger partial charge on any atom is 0.334 e. The highest BCUT2D eigenvalue weighted by Crippen LogP contribution is 2.37. The number of rotatable bonds is 3. The molecular weight excluding hydrogens is 336 g/mol. The van der Waals surface area contributed by atoms with Gasteiger partial charge in [0.25, 0.3) is 0 Å². The van der Waals surface area contributed by atoms with Crippen LogP contribution in [-0.4, -0.2) is 40.6 Å². The van der Waals surface area contributed by atoms with Gasteiger partial charge in [0.2, 0.25) is 0 Å². The van der Waals surface area contributed by atoms with E-state index in [1.165, 1.54) is 19.1 Å². The Bertz CT molecular complexity index is 684. The predicted octanol–water partition coefficient (Wildman–Crippen LogP) is 2.27. The van der Waals surface area contributed by atoms with Crippen molar-refractivity contribution < 1.29 is 29.0 Å². The van der Waals surface area contributed by atoms with Crippen molar-refractivity contribution in [3.05, 3.63) is 36.0 Å². The van der Waals surface area contributed by atoms with Crippen LogP contribution in [0.5, 0.6) is 0 Å². The molecule has 2 rings (SSSR count). The molecule has 0 saturated carbocycles. The van der Waals surface area contributed by atoms with E-state index in [0.717, 1.165) is 0 Å². The van der Waals surface area contributed by atoms with Crippen LogP contribution in [0.1, 0.15) is 40.5 Å². The summed E-state index contributed by atoms with van der Waals surface area (Å²) in [5, 5.41) is 10.6. The molecule has 1 saturated heterocycles. The van der Waals surface area contributed by atoms with Crippen LogP contribution in [0, 0.1) is 11.8 Å². The van der Waals surface area contributed by atoms with Crippen LogP contribution >= 0.6 is 0 Å². The van der Waals surface area contributed by atoms with E-state index >= 15 is 0 Å². The second kappa shape index (κ2) is 7.58. The van der Waals surface area contributed by atoms with Gasteiger partial charge in [-0.15, -0.1) is 0 Å². The molecule has 1 N–H and O–H groups in total. The second-order valence-electron chi connectivity index (χ2n) is 7.31. The number of allylic oxidation sites excluding steroid dienone is 2. The largest absolute Gasteiger partial charge is 0.461 e. The Balaban J connectivity index is 2.46. The number of hydrogen-bond donors (Lipinski definition) is 1. The Morgan fingerprint density at radius 1 is 1.50 bits per heavy atom. The summed E-state index contributed by atoms with van der Waals surface area (Å²) in [7, 11) is 0. The normalized spacial score (nSPS) is 36.4. The van der Waals surface area contributed by atoms with Gasteiger partial charge in [0, 0.05) is 12.0 Å². The van der Waals surface area contributed by atoms with Crippen molar-refractivity contribution in [2.24, 2.45) is 11.8 Å². The lowest BCUT2D eigenvalue weighted by atomic mass is 9.82. The Kier molecular flexibility index (Phi) is 5.86. The zero-order valence-electron chi connectivity index (χ0n) is 15.7. The van der Waals surface area contributed by atoms with Crippen molar-refractivity contribution in [3.8, 4) is 0 Å². The molecule has 0 spiro atoms. The number of fused-ring (bicyclic) bond motifs is 1. The summed E-state index contributed by atoms with van der Waals surface area (Å²) < 4.78 is 11.0. The van der Waals surface area contributed by atoms with E-state index in [0.29, 0.717) is 12.0 Å². The number of ketones is 1. The summed E-state index contributed by atoms with van der Waals surface area (Å²) in [5.74, 6) is -2.25. The van der Waals surface area contributed by atoms with Crippen LogP contribution in [-0.2, 0) is 23.9 Å². The summed E-state index contributed by atoms with van der Waals surface area (Å²) in [6.45, 7) is 10.5. The average molecular weight is 362 g/mol. The van der Waals surface area contributed by atoms with E-state index in [9.17, 15) is 19.5 Å². The van der Waals surface area contributed by atoms with Crippen molar-refractivity contribution in [2.45, 2.75) is 58.3 Å². The lowest BCUT2D eigenvalue weighted by Gasteiger charge is -2.32. The van der Waals surface area contributed by atoms with Crippen molar-refractivity contribution in [1.82, 2.24) is 0 Å². The Morgan fingerprint density at radius 2 is 2.15 bits per heavy atom. The molecule has 6 heteroatoms. The molecule has 1 aliphatic carbocycles. The summed E-state index contributed by atoms with van der Waals surface area (Å²) in [6.07, 6.45) is 3.27. The van der Waals surface area contributed by atoms with Gasteiger partial charge >= 0.3 is 11.9 Å². The summed E-state index contributed by atoms with van der Waals surface area (Å²) in [6, 6.07) is 0. The van der Waals surface area contributed by atoms with Gasteiger partial charge in [-0.05, 0) is 44.1 Å².